The number of para-hydroxylation sites is 1. The van der Waals surface area contributed by atoms with Crippen molar-refractivity contribution in [1.29, 1.82) is 0 Å². The molecule has 1 atom stereocenters. The summed E-state index contributed by atoms with van der Waals surface area (Å²) in [4.78, 5) is 11.7. The third-order valence-corrected chi connectivity index (χ3v) is 3.35. The summed E-state index contributed by atoms with van der Waals surface area (Å²) in [5.74, 6) is 0.942. The summed E-state index contributed by atoms with van der Waals surface area (Å²) in [6.45, 7) is 1.42. The summed E-state index contributed by atoms with van der Waals surface area (Å²) >= 11 is 0. The maximum Gasteiger partial charge on any atom is 0.222 e. The molecule has 1 heterocycles. The molecule has 0 radical (unpaired) electrons. The minimum atomic E-state index is 0.0711. The van der Waals surface area contributed by atoms with Crippen LogP contribution in [0.4, 0.5) is 0 Å². The minimum absolute atomic E-state index is 0.0711. The molecule has 0 aliphatic carbocycles. The Bertz CT molecular complexity index is 414. The van der Waals surface area contributed by atoms with Gasteiger partial charge in [-0.05, 0) is 30.9 Å². The highest BCUT2D eigenvalue weighted by Gasteiger charge is 2.18. The fourth-order valence-electron chi connectivity index (χ4n) is 2.33. The number of ether oxygens (including phenoxy) is 2. The Morgan fingerprint density at radius 3 is 3.05 bits per heavy atom. The van der Waals surface area contributed by atoms with Gasteiger partial charge < -0.3 is 14.8 Å². The molecule has 1 unspecified atom stereocenters. The second-order valence-electron chi connectivity index (χ2n) is 4.75. The molecule has 4 nitrogen and oxygen atoms in total. The summed E-state index contributed by atoms with van der Waals surface area (Å²) in [5.41, 5.74) is 1.11. The number of rotatable bonds is 6. The molecular weight excluding hydrogens is 242 g/mol. The standard InChI is InChI=1S/C15H21NO3/c1-18-14-7-3-2-5-12(14)8-9-16-15(17)11-13-6-4-10-19-13/h2-3,5,7,13H,4,6,8-11H2,1H3,(H,16,17). The van der Waals surface area contributed by atoms with E-state index in [4.69, 9.17) is 9.47 Å². The molecule has 0 saturated carbocycles. The van der Waals surface area contributed by atoms with Gasteiger partial charge in [0.25, 0.3) is 0 Å². The summed E-state index contributed by atoms with van der Waals surface area (Å²) in [5, 5.41) is 2.93. The molecule has 19 heavy (non-hydrogen) atoms. The van der Waals surface area contributed by atoms with Crippen LogP contribution in [0, 0.1) is 0 Å². The van der Waals surface area contributed by atoms with Gasteiger partial charge in [0.15, 0.2) is 0 Å². The summed E-state index contributed by atoms with van der Waals surface area (Å²) in [6, 6.07) is 7.87. The lowest BCUT2D eigenvalue weighted by molar-refractivity contribution is -0.123. The van der Waals surface area contributed by atoms with E-state index in [0.717, 1.165) is 37.2 Å². The van der Waals surface area contributed by atoms with E-state index in [0.29, 0.717) is 13.0 Å². The highest BCUT2D eigenvalue weighted by atomic mass is 16.5. The van der Waals surface area contributed by atoms with E-state index in [1.54, 1.807) is 7.11 Å². The van der Waals surface area contributed by atoms with Crippen molar-refractivity contribution in [3.63, 3.8) is 0 Å². The van der Waals surface area contributed by atoms with Gasteiger partial charge >= 0.3 is 0 Å². The molecule has 0 aromatic heterocycles. The van der Waals surface area contributed by atoms with Crippen LogP contribution in [0.1, 0.15) is 24.8 Å². The van der Waals surface area contributed by atoms with Crippen LogP contribution in [0.5, 0.6) is 5.75 Å². The molecule has 1 N–H and O–H groups in total. The van der Waals surface area contributed by atoms with Crippen molar-refractivity contribution in [2.24, 2.45) is 0 Å². The van der Waals surface area contributed by atoms with Crippen molar-refractivity contribution in [3.05, 3.63) is 29.8 Å². The molecule has 104 valence electrons. The first-order valence-electron chi connectivity index (χ1n) is 6.80. The number of benzene rings is 1. The highest BCUT2D eigenvalue weighted by Crippen LogP contribution is 2.17. The third-order valence-electron chi connectivity index (χ3n) is 3.35. The van der Waals surface area contributed by atoms with Crippen LogP contribution in [0.25, 0.3) is 0 Å². The zero-order valence-corrected chi connectivity index (χ0v) is 11.4. The Hall–Kier alpha value is -1.55. The van der Waals surface area contributed by atoms with Gasteiger partial charge in [-0.1, -0.05) is 18.2 Å². The van der Waals surface area contributed by atoms with E-state index in [-0.39, 0.29) is 12.0 Å². The second kappa shape index (κ2) is 7.14. The van der Waals surface area contributed by atoms with Crippen LogP contribution in [-0.4, -0.2) is 32.3 Å². The number of methoxy groups -OCH3 is 1. The molecule has 1 aromatic rings. The van der Waals surface area contributed by atoms with E-state index in [1.165, 1.54) is 0 Å². The molecule has 0 spiro atoms. The van der Waals surface area contributed by atoms with E-state index in [2.05, 4.69) is 5.32 Å². The normalized spacial score (nSPS) is 18.3. The predicted molar refractivity (Wildman–Crippen MR) is 73.3 cm³/mol. The Labute approximate surface area is 114 Å². The number of carbonyl (C=O) groups is 1. The molecule has 1 amide bonds. The van der Waals surface area contributed by atoms with Crippen LogP contribution in [0.15, 0.2) is 24.3 Å². The summed E-state index contributed by atoms with van der Waals surface area (Å²) in [7, 11) is 1.66. The average Bonchev–Trinajstić information content (AvgIpc) is 2.92. The first-order valence-corrected chi connectivity index (χ1v) is 6.80. The van der Waals surface area contributed by atoms with Gasteiger partial charge in [0.05, 0.1) is 19.6 Å². The molecule has 2 rings (SSSR count). The maximum absolute atomic E-state index is 11.7. The van der Waals surface area contributed by atoms with Crippen LogP contribution in [0.2, 0.25) is 0 Å². The van der Waals surface area contributed by atoms with E-state index < -0.39 is 0 Å². The molecule has 1 aliphatic heterocycles. The zero-order valence-electron chi connectivity index (χ0n) is 11.4. The minimum Gasteiger partial charge on any atom is -0.496 e. The van der Waals surface area contributed by atoms with Gasteiger partial charge in [-0.3, -0.25) is 4.79 Å². The Morgan fingerprint density at radius 2 is 2.32 bits per heavy atom. The second-order valence-corrected chi connectivity index (χ2v) is 4.75. The van der Waals surface area contributed by atoms with Crippen LogP contribution in [-0.2, 0) is 16.0 Å². The van der Waals surface area contributed by atoms with Crippen molar-refractivity contribution in [1.82, 2.24) is 5.32 Å². The molecule has 1 saturated heterocycles. The highest BCUT2D eigenvalue weighted by molar-refractivity contribution is 5.76. The molecule has 4 heteroatoms. The monoisotopic (exact) mass is 263 g/mol. The SMILES string of the molecule is COc1ccccc1CCNC(=O)CC1CCCO1. The number of hydrogen-bond acceptors (Lipinski definition) is 3. The van der Waals surface area contributed by atoms with Gasteiger partial charge in [-0.2, -0.15) is 0 Å². The number of nitrogens with one attached hydrogen (secondary N) is 1. The van der Waals surface area contributed by atoms with Gasteiger partial charge in [0.1, 0.15) is 5.75 Å². The Balaban J connectivity index is 1.72. The Kier molecular flexibility index (Phi) is 5.21. The zero-order chi connectivity index (χ0) is 13.5. The fraction of sp³-hybridized carbons (Fsp3) is 0.533. The lowest BCUT2D eigenvalue weighted by Gasteiger charge is -2.11. The van der Waals surface area contributed by atoms with Crippen LogP contribution >= 0.6 is 0 Å². The van der Waals surface area contributed by atoms with Gasteiger partial charge in [-0.25, -0.2) is 0 Å². The predicted octanol–water partition coefficient (Wildman–Crippen LogP) is 1.92. The molecule has 1 aromatic carbocycles. The third kappa shape index (κ3) is 4.24. The number of hydrogen-bond donors (Lipinski definition) is 1. The molecule has 0 bridgehead atoms. The number of amides is 1. The molecule has 1 aliphatic rings. The summed E-state index contributed by atoms with van der Waals surface area (Å²) in [6.07, 6.45) is 3.44. The number of carbonyl (C=O) groups excluding carboxylic acids is 1. The lowest BCUT2D eigenvalue weighted by Crippen LogP contribution is -2.29. The first kappa shape index (κ1) is 13.9. The fourth-order valence-corrected chi connectivity index (χ4v) is 2.33. The van der Waals surface area contributed by atoms with Crippen LogP contribution < -0.4 is 10.1 Å². The molecule has 1 fully saturated rings. The Morgan fingerprint density at radius 1 is 1.47 bits per heavy atom. The van der Waals surface area contributed by atoms with E-state index in [1.807, 2.05) is 24.3 Å². The van der Waals surface area contributed by atoms with Crippen LogP contribution in [0.3, 0.4) is 0 Å². The largest absolute Gasteiger partial charge is 0.496 e. The van der Waals surface area contributed by atoms with Crippen molar-refractivity contribution in [2.45, 2.75) is 31.8 Å². The topological polar surface area (TPSA) is 47.6 Å². The van der Waals surface area contributed by atoms with Crippen molar-refractivity contribution >= 4 is 5.91 Å². The average molecular weight is 263 g/mol. The van der Waals surface area contributed by atoms with E-state index >= 15 is 0 Å². The van der Waals surface area contributed by atoms with Gasteiger partial charge in [0.2, 0.25) is 5.91 Å². The van der Waals surface area contributed by atoms with Crippen molar-refractivity contribution < 1.29 is 14.3 Å². The first-order chi connectivity index (χ1) is 9.29. The van der Waals surface area contributed by atoms with Crippen molar-refractivity contribution in [2.75, 3.05) is 20.3 Å². The lowest BCUT2D eigenvalue weighted by atomic mass is 10.1. The van der Waals surface area contributed by atoms with Crippen molar-refractivity contribution in [3.8, 4) is 5.75 Å². The quantitative estimate of drug-likeness (QED) is 0.853. The maximum atomic E-state index is 11.7. The smallest absolute Gasteiger partial charge is 0.222 e. The summed E-state index contributed by atoms with van der Waals surface area (Å²) < 4.78 is 10.7. The van der Waals surface area contributed by atoms with E-state index in [9.17, 15) is 4.79 Å². The van der Waals surface area contributed by atoms with Gasteiger partial charge in [0, 0.05) is 13.2 Å². The molecular formula is C15H21NO3. The van der Waals surface area contributed by atoms with Gasteiger partial charge in [-0.15, -0.1) is 0 Å².